The molecule has 21 heavy (non-hydrogen) atoms. The van der Waals surface area contributed by atoms with E-state index in [1.807, 2.05) is 11.8 Å². The molecule has 1 saturated carbocycles. The first-order valence-electron chi connectivity index (χ1n) is 8.54. The van der Waals surface area contributed by atoms with Crippen LogP contribution < -0.4 is 10.6 Å². The first-order chi connectivity index (χ1) is 10.2. The molecule has 0 aromatic rings. The Labute approximate surface area is 127 Å². The molecule has 2 N–H and O–H groups in total. The van der Waals surface area contributed by atoms with E-state index in [4.69, 9.17) is 0 Å². The number of likely N-dealkylation sites (tertiary alicyclic amines) is 1. The highest BCUT2D eigenvalue weighted by atomic mass is 16.2. The van der Waals surface area contributed by atoms with Gasteiger partial charge in [0.15, 0.2) is 0 Å². The van der Waals surface area contributed by atoms with E-state index in [9.17, 15) is 9.59 Å². The maximum atomic E-state index is 12.4. The van der Waals surface area contributed by atoms with E-state index in [0.29, 0.717) is 12.5 Å². The highest BCUT2D eigenvalue weighted by Gasteiger charge is 2.29. The van der Waals surface area contributed by atoms with Crippen molar-refractivity contribution in [1.82, 2.24) is 15.5 Å². The third-order valence-electron chi connectivity index (χ3n) is 4.63. The van der Waals surface area contributed by atoms with E-state index in [2.05, 4.69) is 10.6 Å². The van der Waals surface area contributed by atoms with Crippen LogP contribution in [0.2, 0.25) is 0 Å². The standard InChI is InChI=1S/C16H29N3O2/c1-2-10-17-16(21)18-14-8-11-19(12-9-14)15(20)13-6-4-3-5-7-13/h13-14H,2-12H2,1H3,(H2,17,18,21). The van der Waals surface area contributed by atoms with Crippen molar-refractivity contribution in [2.45, 2.75) is 64.3 Å². The van der Waals surface area contributed by atoms with Crippen molar-refractivity contribution in [2.24, 2.45) is 5.92 Å². The minimum atomic E-state index is -0.0751. The van der Waals surface area contributed by atoms with E-state index in [1.54, 1.807) is 0 Å². The number of urea groups is 1. The zero-order chi connectivity index (χ0) is 15.1. The van der Waals surface area contributed by atoms with Gasteiger partial charge in [-0.25, -0.2) is 4.79 Å². The SMILES string of the molecule is CCCNC(=O)NC1CCN(C(=O)C2CCCCC2)CC1. The van der Waals surface area contributed by atoms with Crippen LogP contribution in [0.15, 0.2) is 0 Å². The Kier molecular flexibility index (Phi) is 6.33. The fraction of sp³-hybridized carbons (Fsp3) is 0.875. The van der Waals surface area contributed by atoms with Gasteiger partial charge in [0.05, 0.1) is 0 Å². The minimum absolute atomic E-state index is 0.0751. The predicted octanol–water partition coefficient (Wildman–Crippen LogP) is 2.27. The van der Waals surface area contributed by atoms with Crippen LogP contribution in [0.3, 0.4) is 0 Å². The van der Waals surface area contributed by atoms with Crippen LogP contribution in [0, 0.1) is 5.92 Å². The molecule has 0 radical (unpaired) electrons. The zero-order valence-electron chi connectivity index (χ0n) is 13.2. The predicted molar refractivity (Wildman–Crippen MR) is 83.0 cm³/mol. The van der Waals surface area contributed by atoms with Crippen LogP contribution in [-0.4, -0.2) is 42.5 Å². The van der Waals surface area contributed by atoms with Crippen molar-refractivity contribution >= 4 is 11.9 Å². The summed E-state index contributed by atoms with van der Waals surface area (Å²) in [5.41, 5.74) is 0. The van der Waals surface area contributed by atoms with Crippen LogP contribution in [0.1, 0.15) is 58.3 Å². The minimum Gasteiger partial charge on any atom is -0.342 e. The molecule has 2 fully saturated rings. The van der Waals surface area contributed by atoms with Gasteiger partial charge >= 0.3 is 6.03 Å². The monoisotopic (exact) mass is 295 g/mol. The molecule has 0 aromatic carbocycles. The van der Waals surface area contributed by atoms with Gasteiger partial charge in [-0.05, 0) is 32.1 Å². The van der Waals surface area contributed by atoms with Gasteiger partial charge in [0.25, 0.3) is 0 Å². The number of nitrogens with one attached hydrogen (secondary N) is 2. The number of rotatable bonds is 4. The maximum absolute atomic E-state index is 12.4. The molecule has 0 atom stereocenters. The van der Waals surface area contributed by atoms with Crippen LogP contribution in [0.5, 0.6) is 0 Å². The molecule has 0 aromatic heterocycles. The number of carbonyl (C=O) groups is 2. The quantitative estimate of drug-likeness (QED) is 0.836. The Hall–Kier alpha value is -1.26. The summed E-state index contributed by atoms with van der Waals surface area (Å²) in [5.74, 6) is 0.611. The maximum Gasteiger partial charge on any atom is 0.315 e. The summed E-state index contributed by atoms with van der Waals surface area (Å²) in [6.45, 7) is 4.32. The zero-order valence-corrected chi connectivity index (χ0v) is 13.2. The first kappa shape index (κ1) is 16.1. The van der Waals surface area contributed by atoms with Crippen molar-refractivity contribution in [1.29, 1.82) is 0 Å². The van der Waals surface area contributed by atoms with Gasteiger partial charge in [0.1, 0.15) is 0 Å². The molecule has 5 heteroatoms. The van der Waals surface area contributed by atoms with Crippen molar-refractivity contribution in [2.75, 3.05) is 19.6 Å². The van der Waals surface area contributed by atoms with E-state index in [1.165, 1.54) is 19.3 Å². The molecule has 2 aliphatic rings. The lowest BCUT2D eigenvalue weighted by Crippen LogP contribution is -2.50. The Morgan fingerprint density at radius 1 is 1.05 bits per heavy atom. The molecule has 1 saturated heterocycles. The Morgan fingerprint density at radius 2 is 1.71 bits per heavy atom. The van der Waals surface area contributed by atoms with Gasteiger partial charge in [0, 0.05) is 31.6 Å². The first-order valence-corrected chi connectivity index (χ1v) is 8.54. The summed E-state index contributed by atoms with van der Waals surface area (Å²) in [7, 11) is 0. The second-order valence-electron chi connectivity index (χ2n) is 6.33. The number of piperidine rings is 1. The molecule has 1 aliphatic heterocycles. The molecule has 120 valence electrons. The van der Waals surface area contributed by atoms with E-state index in [-0.39, 0.29) is 18.0 Å². The Morgan fingerprint density at radius 3 is 2.33 bits per heavy atom. The smallest absolute Gasteiger partial charge is 0.315 e. The summed E-state index contributed by atoms with van der Waals surface area (Å²) < 4.78 is 0. The lowest BCUT2D eigenvalue weighted by atomic mass is 9.87. The van der Waals surface area contributed by atoms with Gasteiger partial charge in [-0.15, -0.1) is 0 Å². The molecular weight excluding hydrogens is 266 g/mol. The van der Waals surface area contributed by atoms with Crippen LogP contribution in [0.25, 0.3) is 0 Å². The average molecular weight is 295 g/mol. The molecule has 5 nitrogen and oxygen atoms in total. The van der Waals surface area contributed by atoms with Crippen LogP contribution in [0.4, 0.5) is 4.79 Å². The summed E-state index contributed by atoms with van der Waals surface area (Å²) in [4.78, 5) is 26.1. The van der Waals surface area contributed by atoms with Gasteiger partial charge in [0.2, 0.25) is 5.91 Å². The topological polar surface area (TPSA) is 61.4 Å². The largest absolute Gasteiger partial charge is 0.342 e. The van der Waals surface area contributed by atoms with Gasteiger partial charge in [-0.3, -0.25) is 4.79 Å². The highest BCUT2D eigenvalue weighted by molar-refractivity contribution is 5.79. The Balaban J connectivity index is 1.70. The van der Waals surface area contributed by atoms with Crippen molar-refractivity contribution in [3.05, 3.63) is 0 Å². The van der Waals surface area contributed by atoms with Gasteiger partial charge in [-0.1, -0.05) is 26.2 Å². The summed E-state index contributed by atoms with van der Waals surface area (Å²) >= 11 is 0. The summed E-state index contributed by atoms with van der Waals surface area (Å²) in [6, 6.07) is 0.131. The van der Waals surface area contributed by atoms with Gasteiger partial charge < -0.3 is 15.5 Å². The summed E-state index contributed by atoms with van der Waals surface area (Å²) in [6.07, 6.45) is 8.51. The third kappa shape index (κ3) is 4.90. The average Bonchev–Trinajstić information content (AvgIpc) is 2.54. The number of hydrogen-bond acceptors (Lipinski definition) is 2. The number of hydrogen-bond donors (Lipinski definition) is 2. The molecule has 3 amide bonds. The molecule has 1 aliphatic carbocycles. The van der Waals surface area contributed by atoms with Crippen LogP contribution >= 0.6 is 0 Å². The molecule has 0 bridgehead atoms. The number of nitrogens with zero attached hydrogens (tertiary/aromatic N) is 1. The molecule has 0 unspecified atom stereocenters. The van der Waals surface area contributed by atoms with Crippen molar-refractivity contribution < 1.29 is 9.59 Å². The fourth-order valence-electron chi connectivity index (χ4n) is 3.33. The van der Waals surface area contributed by atoms with Crippen LogP contribution in [-0.2, 0) is 4.79 Å². The Bertz CT molecular complexity index is 345. The lowest BCUT2D eigenvalue weighted by Gasteiger charge is -2.35. The number of amides is 3. The summed E-state index contributed by atoms with van der Waals surface area (Å²) in [5, 5.41) is 5.84. The molecule has 1 heterocycles. The van der Waals surface area contributed by atoms with E-state index in [0.717, 1.165) is 45.2 Å². The second kappa shape index (κ2) is 8.25. The highest BCUT2D eigenvalue weighted by Crippen LogP contribution is 2.26. The lowest BCUT2D eigenvalue weighted by molar-refractivity contribution is -0.137. The number of carbonyl (C=O) groups excluding carboxylic acids is 2. The van der Waals surface area contributed by atoms with Gasteiger partial charge in [-0.2, -0.15) is 0 Å². The third-order valence-corrected chi connectivity index (χ3v) is 4.63. The normalized spacial score (nSPS) is 21.1. The van der Waals surface area contributed by atoms with Crippen molar-refractivity contribution in [3.63, 3.8) is 0 Å². The van der Waals surface area contributed by atoms with E-state index >= 15 is 0 Å². The fourth-order valence-corrected chi connectivity index (χ4v) is 3.33. The van der Waals surface area contributed by atoms with Crippen molar-refractivity contribution in [3.8, 4) is 0 Å². The molecule has 0 spiro atoms. The van der Waals surface area contributed by atoms with E-state index < -0.39 is 0 Å². The second-order valence-corrected chi connectivity index (χ2v) is 6.33. The molecular formula is C16H29N3O2. The molecule has 2 rings (SSSR count).